The van der Waals surface area contributed by atoms with Gasteiger partial charge in [-0.15, -0.1) is 0 Å². The van der Waals surface area contributed by atoms with Crippen molar-refractivity contribution in [2.45, 2.75) is 62.6 Å². The Balaban J connectivity index is 1.20. The lowest BCUT2D eigenvalue weighted by molar-refractivity contribution is -0.148. The van der Waals surface area contributed by atoms with Gasteiger partial charge in [-0.25, -0.2) is 13.4 Å². The van der Waals surface area contributed by atoms with E-state index in [4.69, 9.17) is 5.10 Å². The van der Waals surface area contributed by atoms with Crippen molar-refractivity contribution in [3.63, 3.8) is 0 Å². The van der Waals surface area contributed by atoms with Crippen LogP contribution in [0.4, 0.5) is 5.82 Å². The Labute approximate surface area is 213 Å². The number of fused-ring (bicyclic) bond motifs is 3. The lowest BCUT2D eigenvalue weighted by atomic mass is 9.52. The molecule has 4 aliphatic carbocycles. The van der Waals surface area contributed by atoms with Crippen LogP contribution in [0.15, 0.2) is 18.5 Å². The number of hydrogen-bond donors (Lipinski definition) is 4. The van der Waals surface area contributed by atoms with Crippen LogP contribution in [-0.4, -0.2) is 68.2 Å². The molecule has 196 valence electrons. The number of carbonyl (C=O) groups excluding carboxylic acids is 2. The largest absolute Gasteiger partial charge is 0.390 e. The van der Waals surface area contributed by atoms with Crippen LogP contribution in [0, 0.1) is 17.8 Å². The van der Waals surface area contributed by atoms with Gasteiger partial charge in [0.1, 0.15) is 15.5 Å². The van der Waals surface area contributed by atoms with Crippen LogP contribution in [0.2, 0.25) is 0 Å². The zero-order valence-corrected chi connectivity index (χ0v) is 21.1. The average molecular weight is 527 g/mol. The number of hydrogen-bond acceptors (Lipinski definition) is 7. The van der Waals surface area contributed by atoms with Crippen molar-refractivity contribution in [2.24, 2.45) is 17.8 Å². The summed E-state index contributed by atoms with van der Waals surface area (Å²) in [5, 5.41) is 22.9. The molecule has 5 aliphatic rings. The smallest absolute Gasteiger partial charge is 0.314 e. The zero-order chi connectivity index (χ0) is 25.5. The lowest BCUT2D eigenvalue weighted by Gasteiger charge is -2.57. The molecule has 3 aromatic heterocycles. The summed E-state index contributed by atoms with van der Waals surface area (Å²) in [6, 6.07) is 1.70. The minimum Gasteiger partial charge on any atom is -0.390 e. The molecule has 4 N–H and O–H groups in total. The van der Waals surface area contributed by atoms with Gasteiger partial charge >= 0.3 is 11.8 Å². The fraction of sp³-hybridized carbons (Fsp3) is 0.600. The van der Waals surface area contributed by atoms with Crippen LogP contribution in [-0.2, 0) is 19.4 Å². The molecule has 1 saturated heterocycles. The molecule has 4 heterocycles. The summed E-state index contributed by atoms with van der Waals surface area (Å²) < 4.78 is 25.4. The molecule has 2 amide bonds. The third-order valence-corrected chi connectivity index (χ3v) is 10.8. The summed E-state index contributed by atoms with van der Waals surface area (Å²) in [6.45, 7) is 0. The molecule has 37 heavy (non-hydrogen) atoms. The highest BCUT2D eigenvalue weighted by atomic mass is 32.2. The molecule has 5 atom stereocenters. The molecule has 12 heteroatoms. The number of aromatic nitrogens is 4. The quantitative estimate of drug-likeness (QED) is 0.378. The molecule has 0 spiro atoms. The number of nitrogens with zero attached hydrogens (tertiary/aromatic N) is 3. The minimum atomic E-state index is -3.07. The van der Waals surface area contributed by atoms with Crippen LogP contribution < -0.4 is 10.6 Å². The van der Waals surface area contributed by atoms with Gasteiger partial charge < -0.3 is 20.7 Å². The first-order valence-electron chi connectivity index (χ1n) is 13.1. The van der Waals surface area contributed by atoms with E-state index in [-0.39, 0.29) is 29.4 Å². The van der Waals surface area contributed by atoms with Crippen molar-refractivity contribution in [3.8, 4) is 0 Å². The summed E-state index contributed by atoms with van der Waals surface area (Å²) >= 11 is 0. The van der Waals surface area contributed by atoms with Gasteiger partial charge in [0.05, 0.1) is 34.1 Å². The van der Waals surface area contributed by atoms with E-state index >= 15 is 0 Å². The maximum absolute atomic E-state index is 12.9. The van der Waals surface area contributed by atoms with E-state index in [1.165, 1.54) is 0 Å². The van der Waals surface area contributed by atoms with Crippen molar-refractivity contribution in [1.29, 1.82) is 0 Å². The Hall–Kier alpha value is -2.99. The lowest BCUT2D eigenvalue weighted by Crippen LogP contribution is -2.55. The molecule has 0 radical (unpaired) electrons. The van der Waals surface area contributed by atoms with Gasteiger partial charge in [0.2, 0.25) is 0 Å². The number of carbonyl (C=O) groups is 2. The standard InChI is InChI=1S/C25H30N6O5S/c32-23(28-16-2-5-37(35,36)6-3-16)24(33)29-22-18-12-27-21-17(1-4-26-21)20(18)31(30-22)19-14-7-13-8-15(19)11-25(34,9-13)10-14/h1,4,12-16,19,34H,2-3,5-11H2,(H,26,27)(H,28,32)(H,29,30,33)/t13?,14-,15+,19+,25-. The third kappa shape index (κ3) is 3.83. The second-order valence-corrected chi connectivity index (χ2v) is 13.9. The second kappa shape index (κ2) is 8.00. The molecule has 0 aromatic carbocycles. The Morgan fingerprint density at radius 2 is 1.81 bits per heavy atom. The van der Waals surface area contributed by atoms with Crippen LogP contribution >= 0.6 is 0 Å². The van der Waals surface area contributed by atoms with Crippen molar-refractivity contribution in [1.82, 2.24) is 25.1 Å². The predicted octanol–water partition coefficient (Wildman–Crippen LogP) is 1.66. The van der Waals surface area contributed by atoms with E-state index in [0.717, 1.165) is 48.7 Å². The van der Waals surface area contributed by atoms with Gasteiger partial charge in [0, 0.05) is 23.8 Å². The molecule has 1 unspecified atom stereocenters. The Bertz CT molecular complexity index is 1510. The maximum atomic E-state index is 12.9. The van der Waals surface area contributed by atoms with E-state index in [9.17, 15) is 23.1 Å². The van der Waals surface area contributed by atoms with Crippen molar-refractivity contribution in [2.75, 3.05) is 16.8 Å². The van der Waals surface area contributed by atoms with Crippen LogP contribution in [0.3, 0.4) is 0 Å². The molecule has 3 aromatic rings. The third-order valence-electron chi connectivity index (χ3n) is 9.05. The molecule has 8 rings (SSSR count). The highest BCUT2D eigenvalue weighted by molar-refractivity contribution is 7.91. The molecule has 5 fully saturated rings. The Kier molecular flexibility index (Phi) is 5.01. The number of anilines is 1. The number of sulfone groups is 1. The molecule has 1 aliphatic heterocycles. The topological polar surface area (TPSA) is 159 Å². The zero-order valence-electron chi connectivity index (χ0n) is 20.3. The molecular weight excluding hydrogens is 496 g/mol. The fourth-order valence-electron chi connectivity index (χ4n) is 7.74. The number of amides is 2. The van der Waals surface area contributed by atoms with Crippen LogP contribution in [0.25, 0.3) is 21.9 Å². The second-order valence-electron chi connectivity index (χ2n) is 11.6. The fourth-order valence-corrected chi connectivity index (χ4v) is 9.23. The van der Waals surface area contributed by atoms with Crippen molar-refractivity contribution in [3.05, 3.63) is 18.5 Å². The SMILES string of the molecule is O=C(Nc1nn([C@H]2[C@@H]3CC4C[C@H]2C[C@@](O)(C4)C3)c2c1cnc1[nH]ccc12)C(=O)NC1CCS(=O)(=O)CC1. The van der Waals surface area contributed by atoms with E-state index in [1.807, 2.05) is 16.9 Å². The summed E-state index contributed by atoms with van der Waals surface area (Å²) in [5.74, 6) is -0.198. The molecular formula is C25H30N6O5S. The molecule has 11 nitrogen and oxygen atoms in total. The number of aliphatic hydroxyl groups is 1. The van der Waals surface area contributed by atoms with Crippen molar-refractivity contribution < 1.29 is 23.1 Å². The van der Waals surface area contributed by atoms with Gasteiger partial charge in [0.15, 0.2) is 5.82 Å². The van der Waals surface area contributed by atoms with Gasteiger partial charge in [-0.05, 0) is 68.8 Å². The number of H-pyrrole nitrogens is 1. The predicted molar refractivity (Wildman–Crippen MR) is 135 cm³/mol. The van der Waals surface area contributed by atoms with E-state index in [1.54, 1.807) is 6.20 Å². The summed E-state index contributed by atoms with van der Waals surface area (Å²) in [7, 11) is -3.07. The minimum absolute atomic E-state index is 0.00659. The maximum Gasteiger partial charge on any atom is 0.314 e. The number of rotatable bonds is 3. The first-order valence-corrected chi connectivity index (χ1v) is 14.9. The number of aromatic amines is 1. The summed E-state index contributed by atoms with van der Waals surface area (Å²) in [4.78, 5) is 33.2. The number of pyridine rings is 1. The van der Waals surface area contributed by atoms with E-state index < -0.39 is 27.3 Å². The molecule has 4 saturated carbocycles. The number of nitrogens with one attached hydrogen (secondary N) is 3. The summed E-state index contributed by atoms with van der Waals surface area (Å²) in [6.07, 6.45) is 8.62. The normalized spacial score (nSPS) is 32.7. The highest BCUT2D eigenvalue weighted by Crippen LogP contribution is 2.60. The van der Waals surface area contributed by atoms with Gasteiger partial charge in [-0.3, -0.25) is 14.3 Å². The average Bonchev–Trinajstić information content (AvgIpc) is 3.44. The van der Waals surface area contributed by atoms with E-state index in [2.05, 4.69) is 20.6 Å². The monoisotopic (exact) mass is 526 g/mol. The van der Waals surface area contributed by atoms with Gasteiger partial charge in [-0.2, -0.15) is 5.10 Å². The van der Waals surface area contributed by atoms with Crippen molar-refractivity contribution >= 4 is 49.4 Å². The molecule has 4 bridgehead atoms. The summed E-state index contributed by atoms with van der Waals surface area (Å²) in [5.41, 5.74) is 1.01. The first-order chi connectivity index (χ1) is 17.7. The van der Waals surface area contributed by atoms with E-state index in [0.29, 0.717) is 36.0 Å². The van der Waals surface area contributed by atoms with Crippen LogP contribution in [0.1, 0.15) is 51.0 Å². The highest BCUT2D eigenvalue weighted by Gasteiger charge is 2.56. The first kappa shape index (κ1) is 23.2. The Morgan fingerprint density at radius 3 is 2.51 bits per heavy atom. The van der Waals surface area contributed by atoms with Gasteiger partial charge in [-0.1, -0.05) is 0 Å². The van der Waals surface area contributed by atoms with Crippen LogP contribution in [0.5, 0.6) is 0 Å². The Morgan fingerprint density at radius 1 is 1.08 bits per heavy atom. The van der Waals surface area contributed by atoms with Gasteiger partial charge in [0.25, 0.3) is 0 Å².